The van der Waals surface area contributed by atoms with Gasteiger partial charge in [-0.05, 0) is 13.0 Å². The first-order valence-electron chi connectivity index (χ1n) is 9.98. The summed E-state index contributed by atoms with van der Waals surface area (Å²) in [5.41, 5.74) is 3.29. The van der Waals surface area contributed by atoms with Crippen molar-refractivity contribution in [2.24, 2.45) is 7.05 Å². The van der Waals surface area contributed by atoms with Crippen LogP contribution in [0.2, 0.25) is 0 Å². The Labute approximate surface area is 166 Å². The highest BCUT2D eigenvalue weighted by atomic mass is 16.5. The molecule has 1 unspecified atom stereocenters. The highest BCUT2D eigenvalue weighted by Crippen LogP contribution is 2.22. The van der Waals surface area contributed by atoms with Gasteiger partial charge in [0.1, 0.15) is 18.9 Å². The molecule has 3 rings (SSSR count). The number of aromatic nitrogens is 2. The summed E-state index contributed by atoms with van der Waals surface area (Å²) < 4.78 is 13.6. The molecule has 1 aliphatic heterocycles. The van der Waals surface area contributed by atoms with Crippen molar-refractivity contribution >= 4 is 11.5 Å². The maximum atomic E-state index is 9.14. The average molecular weight is 385 g/mol. The molecule has 1 N–H and O–H groups in total. The number of hydrogen-bond acceptors (Lipinski definition) is 6. The summed E-state index contributed by atoms with van der Waals surface area (Å²) >= 11 is 0. The molecular weight excluding hydrogens is 354 g/mol. The lowest BCUT2D eigenvalue weighted by molar-refractivity contribution is -0.688. The highest BCUT2D eigenvalue weighted by molar-refractivity contribution is 5.56. The number of nitrogens with one attached hydrogen (secondary N) is 1. The molecule has 0 spiro atoms. The number of nitriles is 1. The van der Waals surface area contributed by atoms with Crippen LogP contribution in [0.1, 0.15) is 36.9 Å². The zero-order chi connectivity index (χ0) is 20.1. The van der Waals surface area contributed by atoms with Gasteiger partial charge in [-0.2, -0.15) is 9.83 Å². The summed E-state index contributed by atoms with van der Waals surface area (Å²) in [7, 11) is 2.05. The van der Waals surface area contributed by atoms with Gasteiger partial charge in [0.05, 0.1) is 25.7 Å². The lowest BCUT2D eigenvalue weighted by Gasteiger charge is -2.29. The van der Waals surface area contributed by atoms with Crippen LogP contribution in [0.25, 0.3) is 0 Å². The second-order valence-electron chi connectivity index (χ2n) is 7.21. The van der Waals surface area contributed by atoms with Crippen LogP contribution in [-0.2, 0) is 31.0 Å². The standard InChI is InChI=1S/C21H30N5O2/c1-5-19-16(3)25(4)21(28-19)7-6-17-12-18(26-8-10-27-11-9-26)13-20(24-17)23-15(2)14-22/h12-13,15H,5-11H2,1-4H3,(H,23,24)/q+1. The van der Waals surface area contributed by atoms with Gasteiger partial charge >= 0.3 is 5.89 Å². The molecule has 2 aromatic heterocycles. The van der Waals surface area contributed by atoms with Gasteiger partial charge in [0.15, 0.2) is 5.76 Å². The fraction of sp³-hybridized carbons (Fsp3) is 0.571. The molecule has 1 aliphatic rings. The Morgan fingerprint density at radius 3 is 2.71 bits per heavy atom. The van der Waals surface area contributed by atoms with Gasteiger partial charge in [-0.3, -0.25) is 0 Å². The average Bonchev–Trinajstić information content (AvgIpc) is 3.00. The Morgan fingerprint density at radius 2 is 2.07 bits per heavy atom. The van der Waals surface area contributed by atoms with Gasteiger partial charge in [-0.25, -0.2) is 4.98 Å². The van der Waals surface area contributed by atoms with Crippen LogP contribution in [0.5, 0.6) is 0 Å². The maximum Gasteiger partial charge on any atom is 0.347 e. The minimum atomic E-state index is -0.294. The molecule has 7 heteroatoms. The lowest BCUT2D eigenvalue weighted by Crippen LogP contribution is -2.36. The maximum absolute atomic E-state index is 9.14. The van der Waals surface area contributed by atoms with Crippen molar-refractivity contribution in [2.45, 2.75) is 46.1 Å². The Morgan fingerprint density at radius 1 is 1.32 bits per heavy atom. The van der Waals surface area contributed by atoms with E-state index in [0.29, 0.717) is 0 Å². The quantitative estimate of drug-likeness (QED) is 0.738. The first-order chi connectivity index (χ1) is 13.5. The normalized spacial score (nSPS) is 15.3. The summed E-state index contributed by atoms with van der Waals surface area (Å²) in [4.78, 5) is 7.05. The third kappa shape index (κ3) is 4.63. The van der Waals surface area contributed by atoms with Crippen molar-refractivity contribution in [3.05, 3.63) is 35.2 Å². The Kier molecular flexibility index (Phi) is 6.53. The molecule has 7 nitrogen and oxygen atoms in total. The van der Waals surface area contributed by atoms with Gasteiger partial charge in [-0.15, -0.1) is 0 Å². The van der Waals surface area contributed by atoms with Crippen LogP contribution in [0.3, 0.4) is 0 Å². The summed E-state index contributed by atoms with van der Waals surface area (Å²) in [6.07, 6.45) is 2.45. The smallest absolute Gasteiger partial charge is 0.347 e. The van der Waals surface area contributed by atoms with Crippen LogP contribution in [-0.4, -0.2) is 37.3 Å². The summed E-state index contributed by atoms with van der Waals surface area (Å²) in [6.45, 7) is 9.23. The van der Waals surface area contributed by atoms with E-state index in [1.807, 2.05) is 20.0 Å². The van der Waals surface area contributed by atoms with Crippen molar-refractivity contribution in [1.29, 1.82) is 5.26 Å². The molecule has 0 bridgehead atoms. The number of pyridine rings is 1. The predicted molar refractivity (Wildman–Crippen MR) is 107 cm³/mol. The number of rotatable bonds is 7. The van der Waals surface area contributed by atoms with Gasteiger partial charge in [-0.1, -0.05) is 6.92 Å². The zero-order valence-electron chi connectivity index (χ0n) is 17.3. The van der Waals surface area contributed by atoms with Crippen LogP contribution >= 0.6 is 0 Å². The van der Waals surface area contributed by atoms with Crippen molar-refractivity contribution < 1.29 is 13.7 Å². The van der Waals surface area contributed by atoms with E-state index in [-0.39, 0.29) is 6.04 Å². The molecule has 0 radical (unpaired) electrons. The van der Waals surface area contributed by atoms with E-state index in [4.69, 9.17) is 19.4 Å². The SMILES string of the molecule is CCc1oc(CCc2cc(N3CCOCC3)cc(NC(C)C#N)n2)[n+](C)c1C. The van der Waals surface area contributed by atoms with E-state index in [1.54, 1.807) is 0 Å². The Bertz CT molecular complexity index is 849. The number of morpholine rings is 1. The monoisotopic (exact) mass is 384 g/mol. The highest BCUT2D eigenvalue weighted by Gasteiger charge is 2.21. The third-order valence-corrected chi connectivity index (χ3v) is 5.24. The van der Waals surface area contributed by atoms with E-state index in [0.717, 1.165) is 74.4 Å². The molecule has 0 saturated carbocycles. The Balaban J connectivity index is 1.82. The third-order valence-electron chi connectivity index (χ3n) is 5.24. The van der Waals surface area contributed by atoms with Crippen molar-refractivity contribution in [2.75, 3.05) is 36.5 Å². The molecule has 150 valence electrons. The fourth-order valence-corrected chi connectivity index (χ4v) is 3.47. The van der Waals surface area contributed by atoms with E-state index >= 15 is 0 Å². The number of aryl methyl sites for hydroxylation is 3. The van der Waals surface area contributed by atoms with Gasteiger partial charge in [0, 0.05) is 50.3 Å². The van der Waals surface area contributed by atoms with Crippen molar-refractivity contribution in [3.8, 4) is 6.07 Å². The van der Waals surface area contributed by atoms with E-state index in [1.165, 1.54) is 5.69 Å². The number of ether oxygens (including phenoxy) is 1. The van der Waals surface area contributed by atoms with Crippen LogP contribution < -0.4 is 14.8 Å². The molecular formula is C21H30N5O2+. The van der Waals surface area contributed by atoms with Crippen molar-refractivity contribution in [1.82, 2.24) is 4.98 Å². The number of hydrogen-bond donors (Lipinski definition) is 1. The second kappa shape index (κ2) is 9.07. The summed E-state index contributed by atoms with van der Waals surface area (Å²) in [5.74, 6) is 2.74. The van der Waals surface area contributed by atoms with Gasteiger partial charge in [0.25, 0.3) is 0 Å². The van der Waals surface area contributed by atoms with Crippen LogP contribution in [0, 0.1) is 18.3 Å². The molecule has 2 aromatic rings. The topological polar surface area (TPSA) is 78.2 Å². The molecule has 1 fully saturated rings. The zero-order valence-corrected chi connectivity index (χ0v) is 17.3. The molecule has 1 saturated heterocycles. The molecule has 0 aromatic carbocycles. The number of oxazole rings is 1. The predicted octanol–water partition coefficient (Wildman–Crippen LogP) is 2.32. The number of anilines is 2. The second-order valence-corrected chi connectivity index (χ2v) is 7.21. The lowest BCUT2D eigenvalue weighted by atomic mass is 10.2. The minimum Gasteiger partial charge on any atom is -0.406 e. The molecule has 1 atom stereocenters. The minimum absolute atomic E-state index is 0.294. The molecule has 0 amide bonds. The number of nitrogens with zero attached hydrogens (tertiary/aromatic N) is 4. The fourth-order valence-electron chi connectivity index (χ4n) is 3.47. The molecule has 0 aliphatic carbocycles. The van der Waals surface area contributed by atoms with Gasteiger partial charge < -0.3 is 19.4 Å². The summed E-state index contributed by atoms with van der Waals surface area (Å²) in [5, 5.41) is 12.3. The largest absolute Gasteiger partial charge is 0.406 e. The van der Waals surface area contributed by atoms with E-state index in [9.17, 15) is 0 Å². The van der Waals surface area contributed by atoms with Crippen LogP contribution in [0.4, 0.5) is 11.5 Å². The first-order valence-corrected chi connectivity index (χ1v) is 9.98. The molecule has 28 heavy (non-hydrogen) atoms. The van der Waals surface area contributed by atoms with E-state index in [2.05, 4.69) is 40.8 Å². The summed E-state index contributed by atoms with van der Waals surface area (Å²) in [6, 6.07) is 6.08. The first kappa shape index (κ1) is 20.2. The van der Waals surface area contributed by atoms with Crippen LogP contribution in [0.15, 0.2) is 16.5 Å². The van der Waals surface area contributed by atoms with E-state index < -0.39 is 0 Å². The van der Waals surface area contributed by atoms with Crippen molar-refractivity contribution in [3.63, 3.8) is 0 Å². The van der Waals surface area contributed by atoms with Gasteiger partial charge in [0.2, 0.25) is 5.69 Å². The molecule has 3 heterocycles. The Hall–Kier alpha value is -2.59.